The number of pyridine rings is 1. The number of piperazine rings is 1. The highest BCUT2D eigenvalue weighted by molar-refractivity contribution is 5.84. The van der Waals surface area contributed by atoms with Crippen LogP contribution in [0.1, 0.15) is 23.9 Å². The standard InChI is InChI=1S/C27H26F3N5O/c1-33-10-12-34(13-11-33)25-8-6-17(16-31-25)19-14-23-21(15-20(19)28)32-26-9-7-22(35(23)26)18-4-2-3-5-24(18)36-27(29)30/h2-6,8,14-16,22,27H,7,9-13H2,1H3. The van der Waals surface area contributed by atoms with E-state index < -0.39 is 6.61 Å². The third kappa shape index (κ3) is 4.07. The van der Waals surface area contributed by atoms with Crippen LogP contribution in [0.4, 0.5) is 19.0 Å². The minimum Gasteiger partial charge on any atom is -0.434 e. The third-order valence-electron chi connectivity index (χ3n) is 7.18. The van der Waals surface area contributed by atoms with Gasteiger partial charge in [0, 0.05) is 61.6 Å². The number of hydrogen-bond acceptors (Lipinski definition) is 5. The maximum absolute atomic E-state index is 15.2. The number of imidazole rings is 1. The fraction of sp³-hybridized carbons (Fsp3) is 0.333. The Kier molecular flexibility index (Phi) is 5.79. The minimum atomic E-state index is -2.91. The van der Waals surface area contributed by atoms with Crippen molar-refractivity contribution in [2.45, 2.75) is 25.5 Å². The van der Waals surface area contributed by atoms with Crippen LogP contribution in [-0.2, 0) is 6.42 Å². The predicted molar refractivity (Wildman–Crippen MR) is 132 cm³/mol. The Bertz CT molecular complexity index is 1400. The molecular weight excluding hydrogens is 467 g/mol. The topological polar surface area (TPSA) is 46.4 Å². The highest BCUT2D eigenvalue weighted by Crippen LogP contribution is 2.41. The van der Waals surface area contributed by atoms with Crippen LogP contribution in [0, 0.1) is 5.82 Å². The first-order valence-corrected chi connectivity index (χ1v) is 12.1. The molecule has 186 valence electrons. The van der Waals surface area contributed by atoms with Crippen LogP contribution in [0.25, 0.3) is 22.2 Å². The number of aryl methyl sites for hydroxylation is 1. The van der Waals surface area contributed by atoms with E-state index in [-0.39, 0.29) is 17.6 Å². The van der Waals surface area contributed by atoms with Gasteiger partial charge in [0.2, 0.25) is 0 Å². The van der Waals surface area contributed by atoms with Gasteiger partial charge in [-0.05, 0) is 37.7 Å². The quantitative estimate of drug-likeness (QED) is 0.386. The maximum Gasteiger partial charge on any atom is 0.387 e. The zero-order chi connectivity index (χ0) is 24.8. The minimum absolute atomic E-state index is 0.151. The molecule has 1 unspecified atom stereocenters. The van der Waals surface area contributed by atoms with Crippen molar-refractivity contribution in [3.8, 4) is 16.9 Å². The molecule has 1 atom stereocenters. The van der Waals surface area contributed by atoms with E-state index in [1.54, 1.807) is 30.5 Å². The number of fused-ring (bicyclic) bond motifs is 3. The smallest absolute Gasteiger partial charge is 0.387 e. The van der Waals surface area contributed by atoms with Gasteiger partial charge in [0.15, 0.2) is 0 Å². The van der Waals surface area contributed by atoms with E-state index in [2.05, 4.69) is 26.8 Å². The Balaban J connectivity index is 1.37. The van der Waals surface area contributed by atoms with Crippen LogP contribution >= 0.6 is 0 Å². The molecule has 2 aromatic heterocycles. The van der Waals surface area contributed by atoms with Crippen molar-refractivity contribution in [1.29, 1.82) is 0 Å². The van der Waals surface area contributed by atoms with Gasteiger partial charge in [-0.25, -0.2) is 14.4 Å². The maximum atomic E-state index is 15.2. The van der Waals surface area contributed by atoms with Crippen molar-refractivity contribution in [3.05, 3.63) is 71.9 Å². The molecule has 36 heavy (non-hydrogen) atoms. The molecule has 0 amide bonds. The lowest BCUT2D eigenvalue weighted by Gasteiger charge is -2.33. The van der Waals surface area contributed by atoms with Crippen molar-refractivity contribution in [3.63, 3.8) is 0 Å². The number of rotatable bonds is 5. The second kappa shape index (κ2) is 9.13. The highest BCUT2D eigenvalue weighted by atomic mass is 19.3. The Morgan fingerprint density at radius 1 is 1.03 bits per heavy atom. The van der Waals surface area contributed by atoms with Gasteiger partial charge in [-0.2, -0.15) is 8.78 Å². The average molecular weight is 494 g/mol. The fourth-order valence-corrected chi connectivity index (χ4v) is 5.33. The second-order valence-corrected chi connectivity index (χ2v) is 9.39. The van der Waals surface area contributed by atoms with E-state index in [0.29, 0.717) is 35.0 Å². The SMILES string of the molecule is CN1CCN(c2ccc(-c3cc4c(cc3F)nc3n4C(c4ccccc4OC(F)F)CC3)cn2)CC1. The van der Waals surface area contributed by atoms with Crippen LogP contribution in [-0.4, -0.2) is 59.3 Å². The summed E-state index contributed by atoms with van der Waals surface area (Å²) in [7, 11) is 2.11. The summed E-state index contributed by atoms with van der Waals surface area (Å²) < 4.78 is 48.1. The molecule has 1 saturated heterocycles. The summed E-state index contributed by atoms with van der Waals surface area (Å²) in [6, 6.07) is 13.7. The van der Waals surface area contributed by atoms with E-state index in [1.165, 1.54) is 6.07 Å². The summed E-state index contributed by atoms with van der Waals surface area (Å²) >= 11 is 0. The van der Waals surface area contributed by atoms with Gasteiger partial charge in [-0.15, -0.1) is 0 Å². The molecular formula is C27H26F3N5O. The summed E-state index contributed by atoms with van der Waals surface area (Å²) in [4.78, 5) is 13.8. The molecule has 2 aromatic carbocycles. The molecule has 0 radical (unpaired) electrons. The lowest BCUT2D eigenvalue weighted by Crippen LogP contribution is -2.44. The Morgan fingerprint density at radius 2 is 1.83 bits per heavy atom. The summed E-state index contributed by atoms with van der Waals surface area (Å²) in [5.74, 6) is 1.47. The van der Waals surface area contributed by atoms with Crippen LogP contribution in [0.3, 0.4) is 0 Å². The van der Waals surface area contributed by atoms with E-state index in [4.69, 9.17) is 4.74 Å². The van der Waals surface area contributed by atoms with Crippen molar-refractivity contribution < 1.29 is 17.9 Å². The molecule has 4 aromatic rings. The Morgan fingerprint density at radius 3 is 2.58 bits per heavy atom. The van der Waals surface area contributed by atoms with E-state index in [9.17, 15) is 8.78 Å². The molecule has 4 heterocycles. The molecule has 1 fully saturated rings. The van der Waals surface area contributed by atoms with Crippen molar-refractivity contribution in [1.82, 2.24) is 19.4 Å². The molecule has 0 spiro atoms. The Hall–Kier alpha value is -3.59. The number of halogens is 3. The average Bonchev–Trinajstić information content (AvgIpc) is 3.43. The second-order valence-electron chi connectivity index (χ2n) is 9.39. The van der Waals surface area contributed by atoms with Crippen molar-refractivity contribution in [2.24, 2.45) is 0 Å². The molecule has 2 aliphatic heterocycles. The molecule has 6 rings (SSSR count). The number of hydrogen-bond donors (Lipinski definition) is 0. The zero-order valence-corrected chi connectivity index (χ0v) is 19.9. The molecule has 9 heteroatoms. The molecule has 0 bridgehead atoms. The molecule has 0 N–H and O–H groups in total. The van der Waals surface area contributed by atoms with Crippen LogP contribution in [0.2, 0.25) is 0 Å². The number of ether oxygens (including phenoxy) is 1. The third-order valence-corrected chi connectivity index (χ3v) is 7.18. The van der Waals surface area contributed by atoms with Crippen LogP contribution < -0.4 is 9.64 Å². The van der Waals surface area contributed by atoms with Gasteiger partial charge in [0.05, 0.1) is 17.1 Å². The van der Waals surface area contributed by atoms with E-state index in [1.807, 2.05) is 22.8 Å². The molecule has 2 aliphatic rings. The molecule has 6 nitrogen and oxygen atoms in total. The van der Waals surface area contributed by atoms with Crippen LogP contribution in [0.15, 0.2) is 54.7 Å². The number of aromatic nitrogens is 3. The first-order valence-electron chi connectivity index (χ1n) is 12.1. The summed E-state index contributed by atoms with van der Waals surface area (Å²) in [5, 5.41) is 0. The Labute approximate surface area is 206 Å². The normalized spacial score (nSPS) is 18.2. The highest BCUT2D eigenvalue weighted by Gasteiger charge is 2.30. The van der Waals surface area contributed by atoms with Crippen molar-refractivity contribution in [2.75, 3.05) is 38.1 Å². The van der Waals surface area contributed by atoms with Gasteiger partial charge in [-0.3, -0.25) is 0 Å². The number of para-hydroxylation sites is 1. The lowest BCUT2D eigenvalue weighted by molar-refractivity contribution is -0.0506. The summed E-state index contributed by atoms with van der Waals surface area (Å²) in [6.07, 6.45) is 3.08. The first kappa shape index (κ1) is 22.8. The zero-order valence-electron chi connectivity index (χ0n) is 19.9. The van der Waals surface area contributed by atoms with Crippen molar-refractivity contribution >= 4 is 16.9 Å². The van der Waals surface area contributed by atoms with E-state index >= 15 is 4.39 Å². The lowest BCUT2D eigenvalue weighted by atomic mass is 10.0. The largest absolute Gasteiger partial charge is 0.434 e. The summed E-state index contributed by atoms with van der Waals surface area (Å²) in [5.41, 5.74) is 3.09. The molecule has 0 saturated carbocycles. The number of nitrogens with zero attached hydrogens (tertiary/aromatic N) is 5. The number of anilines is 1. The predicted octanol–water partition coefficient (Wildman–Crippen LogP) is 5.13. The summed E-state index contributed by atoms with van der Waals surface area (Å²) in [6.45, 7) is 0.863. The number of alkyl halides is 2. The monoisotopic (exact) mass is 493 g/mol. The van der Waals surface area contributed by atoms with E-state index in [0.717, 1.165) is 43.3 Å². The fourth-order valence-electron chi connectivity index (χ4n) is 5.33. The van der Waals surface area contributed by atoms with Gasteiger partial charge in [0.25, 0.3) is 0 Å². The number of likely N-dealkylation sites (N-methyl/N-ethyl adjacent to an activating group) is 1. The van der Waals surface area contributed by atoms with Gasteiger partial charge in [-0.1, -0.05) is 18.2 Å². The van der Waals surface area contributed by atoms with Crippen LogP contribution in [0.5, 0.6) is 5.75 Å². The number of benzene rings is 2. The molecule has 0 aliphatic carbocycles. The first-order chi connectivity index (χ1) is 17.5. The van der Waals surface area contributed by atoms with Gasteiger partial charge in [0.1, 0.15) is 23.2 Å². The van der Waals surface area contributed by atoms with Gasteiger partial charge >= 0.3 is 6.61 Å². The van der Waals surface area contributed by atoms with Gasteiger partial charge < -0.3 is 19.1 Å².